The molecule has 0 aliphatic carbocycles. The Kier molecular flexibility index (Phi) is 10.5. The summed E-state index contributed by atoms with van der Waals surface area (Å²) in [6, 6.07) is 14.5. The van der Waals surface area contributed by atoms with Crippen LogP contribution in [0.2, 0.25) is 0 Å². The lowest BCUT2D eigenvalue weighted by molar-refractivity contribution is 0.0909. The van der Waals surface area contributed by atoms with Crippen LogP contribution in [0.3, 0.4) is 0 Å². The first-order valence-electron chi connectivity index (χ1n) is 11.5. The molecule has 2 aromatic carbocycles. The van der Waals surface area contributed by atoms with E-state index in [1.165, 1.54) is 0 Å². The molecular formula is C28H40N2O3. The van der Waals surface area contributed by atoms with Crippen molar-refractivity contribution in [3.8, 4) is 0 Å². The Balaban J connectivity index is 0.00000265. The molecule has 2 rings (SSSR count). The fourth-order valence-electron chi connectivity index (χ4n) is 3.09. The smallest absolute Gasteiger partial charge is 0.252 e. The average molecular weight is 453 g/mol. The highest BCUT2D eigenvalue weighted by molar-refractivity contribution is 5.98. The van der Waals surface area contributed by atoms with E-state index in [4.69, 9.17) is 0 Å². The molecule has 0 bridgehead atoms. The van der Waals surface area contributed by atoms with Gasteiger partial charge < -0.3 is 15.7 Å². The van der Waals surface area contributed by atoms with Crippen LogP contribution < -0.4 is 10.6 Å². The SMILES string of the molecule is CC.CC(C)(C)NC(=O)c1ccccc1/C=C\C(O)Cc1ccccc1C(=O)NC(C)(C)C. The quantitative estimate of drug-likeness (QED) is 0.550. The van der Waals surface area contributed by atoms with Crippen molar-refractivity contribution in [1.29, 1.82) is 0 Å². The van der Waals surface area contributed by atoms with Crippen LogP contribution in [0.25, 0.3) is 6.08 Å². The highest BCUT2D eigenvalue weighted by Gasteiger charge is 2.19. The summed E-state index contributed by atoms with van der Waals surface area (Å²) in [4.78, 5) is 25.2. The first-order valence-corrected chi connectivity index (χ1v) is 11.5. The third-order valence-electron chi connectivity index (χ3n) is 4.37. The minimum Gasteiger partial charge on any atom is -0.389 e. The van der Waals surface area contributed by atoms with Crippen molar-refractivity contribution in [2.24, 2.45) is 0 Å². The van der Waals surface area contributed by atoms with Gasteiger partial charge in [-0.25, -0.2) is 0 Å². The molecule has 0 heterocycles. The van der Waals surface area contributed by atoms with Gasteiger partial charge in [0.1, 0.15) is 0 Å². The van der Waals surface area contributed by atoms with Crippen molar-refractivity contribution in [1.82, 2.24) is 10.6 Å². The Morgan fingerprint density at radius 2 is 1.27 bits per heavy atom. The summed E-state index contributed by atoms with van der Waals surface area (Å²) in [5.74, 6) is -0.324. The van der Waals surface area contributed by atoms with Gasteiger partial charge in [0.25, 0.3) is 11.8 Å². The lowest BCUT2D eigenvalue weighted by Crippen LogP contribution is -2.41. The third kappa shape index (κ3) is 10.0. The van der Waals surface area contributed by atoms with Crippen molar-refractivity contribution in [2.45, 2.75) is 79.0 Å². The number of aliphatic hydroxyl groups excluding tert-OH is 1. The maximum Gasteiger partial charge on any atom is 0.252 e. The number of rotatable bonds is 6. The predicted octanol–water partition coefficient (Wildman–Crippen LogP) is 5.39. The van der Waals surface area contributed by atoms with E-state index in [-0.39, 0.29) is 22.9 Å². The Hall–Kier alpha value is -2.92. The summed E-state index contributed by atoms with van der Waals surface area (Å²) < 4.78 is 0. The molecule has 0 spiro atoms. The molecule has 2 aromatic rings. The highest BCUT2D eigenvalue weighted by atomic mass is 16.3. The number of benzene rings is 2. The first kappa shape index (κ1) is 28.1. The summed E-state index contributed by atoms with van der Waals surface area (Å²) in [6.07, 6.45) is 2.89. The number of aliphatic hydroxyl groups is 1. The zero-order valence-corrected chi connectivity index (χ0v) is 21.3. The van der Waals surface area contributed by atoms with Gasteiger partial charge in [-0.05, 0) is 64.8 Å². The van der Waals surface area contributed by atoms with Crippen LogP contribution in [-0.4, -0.2) is 34.1 Å². The molecule has 0 radical (unpaired) electrons. The summed E-state index contributed by atoms with van der Waals surface area (Å²) in [5, 5.41) is 16.5. The number of carbonyl (C=O) groups is 2. The Morgan fingerprint density at radius 1 is 0.818 bits per heavy atom. The third-order valence-corrected chi connectivity index (χ3v) is 4.37. The largest absolute Gasteiger partial charge is 0.389 e. The van der Waals surface area contributed by atoms with Crippen LogP contribution in [0.4, 0.5) is 0 Å². The molecule has 0 aromatic heterocycles. The van der Waals surface area contributed by atoms with Gasteiger partial charge >= 0.3 is 0 Å². The molecule has 0 aliphatic rings. The van der Waals surface area contributed by atoms with Gasteiger partial charge in [-0.15, -0.1) is 0 Å². The van der Waals surface area contributed by atoms with Crippen LogP contribution in [0.15, 0.2) is 54.6 Å². The van der Waals surface area contributed by atoms with Crippen molar-refractivity contribution in [3.05, 3.63) is 76.9 Å². The van der Waals surface area contributed by atoms with Crippen LogP contribution in [0.5, 0.6) is 0 Å². The van der Waals surface area contributed by atoms with Crippen molar-refractivity contribution >= 4 is 17.9 Å². The summed E-state index contributed by atoms with van der Waals surface area (Å²) in [7, 11) is 0. The molecule has 1 unspecified atom stereocenters. The molecule has 1 atom stereocenters. The Morgan fingerprint density at radius 3 is 1.82 bits per heavy atom. The number of hydrogen-bond donors (Lipinski definition) is 3. The monoisotopic (exact) mass is 452 g/mol. The molecule has 0 saturated heterocycles. The topological polar surface area (TPSA) is 78.4 Å². The zero-order chi connectivity index (χ0) is 25.2. The number of carbonyl (C=O) groups excluding carboxylic acids is 2. The lowest BCUT2D eigenvalue weighted by Gasteiger charge is -2.22. The molecule has 180 valence electrons. The molecule has 3 N–H and O–H groups in total. The zero-order valence-electron chi connectivity index (χ0n) is 21.3. The molecule has 5 heteroatoms. The van der Waals surface area contributed by atoms with Crippen LogP contribution >= 0.6 is 0 Å². The van der Waals surface area contributed by atoms with E-state index in [1.54, 1.807) is 24.3 Å². The van der Waals surface area contributed by atoms with Crippen molar-refractivity contribution in [3.63, 3.8) is 0 Å². The molecule has 0 saturated carbocycles. The Labute approximate surface area is 199 Å². The lowest BCUT2D eigenvalue weighted by atomic mass is 9.98. The van der Waals surface area contributed by atoms with Gasteiger partial charge in [0, 0.05) is 28.6 Å². The number of nitrogens with one attached hydrogen (secondary N) is 2. The van der Waals surface area contributed by atoms with E-state index in [0.29, 0.717) is 17.5 Å². The molecule has 0 aliphatic heterocycles. The molecule has 2 amide bonds. The normalized spacial score (nSPS) is 12.5. The van der Waals surface area contributed by atoms with E-state index in [1.807, 2.05) is 91.8 Å². The van der Waals surface area contributed by atoms with Crippen LogP contribution in [0.1, 0.15) is 87.2 Å². The predicted molar refractivity (Wildman–Crippen MR) is 137 cm³/mol. The highest BCUT2D eigenvalue weighted by Crippen LogP contribution is 2.16. The van der Waals surface area contributed by atoms with Crippen LogP contribution in [0, 0.1) is 0 Å². The van der Waals surface area contributed by atoms with Gasteiger partial charge in [0.2, 0.25) is 0 Å². The van der Waals surface area contributed by atoms with Gasteiger partial charge in [0.05, 0.1) is 6.10 Å². The molecule has 0 fully saturated rings. The van der Waals surface area contributed by atoms with E-state index >= 15 is 0 Å². The van der Waals surface area contributed by atoms with Gasteiger partial charge in [-0.2, -0.15) is 0 Å². The first-order chi connectivity index (χ1) is 15.4. The number of amides is 2. The standard InChI is InChI=1S/C26H34N2O3.C2H6/c1-25(2,3)27-23(30)21-13-9-7-11-18(21)15-16-20(29)17-19-12-8-10-14-22(19)24(31)28-26(4,5)6;1-2/h7-16,20,29H,17H2,1-6H3,(H,27,30)(H,28,31);1-2H3/b16-15-;. The molecule has 5 nitrogen and oxygen atoms in total. The summed E-state index contributed by atoms with van der Waals surface area (Å²) in [6.45, 7) is 15.6. The van der Waals surface area contributed by atoms with E-state index in [2.05, 4.69) is 10.6 Å². The van der Waals surface area contributed by atoms with E-state index in [9.17, 15) is 14.7 Å². The minimum absolute atomic E-state index is 0.161. The van der Waals surface area contributed by atoms with Gasteiger partial charge in [0.15, 0.2) is 0 Å². The minimum atomic E-state index is -0.803. The maximum absolute atomic E-state index is 12.6. The summed E-state index contributed by atoms with van der Waals surface area (Å²) in [5.41, 5.74) is 1.90. The second-order valence-corrected chi connectivity index (χ2v) is 9.78. The maximum atomic E-state index is 12.6. The second kappa shape index (κ2) is 12.4. The number of hydrogen-bond acceptors (Lipinski definition) is 3. The fourth-order valence-corrected chi connectivity index (χ4v) is 3.09. The van der Waals surface area contributed by atoms with Crippen molar-refractivity contribution in [2.75, 3.05) is 0 Å². The average Bonchev–Trinajstić information content (AvgIpc) is 2.72. The van der Waals surface area contributed by atoms with Crippen molar-refractivity contribution < 1.29 is 14.7 Å². The molecular weight excluding hydrogens is 412 g/mol. The van der Waals surface area contributed by atoms with Crippen LogP contribution in [-0.2, 0) is 6.42 Å². The molecule has 33 heavy (non-hydrogen) atoms. The Bertz CT molecular complexity index is 950. The fraction of sp³-hybridized carbons (Fsp3) is 0.429. The van der Waals surface area contributed by atoms with E-state index < -0.39 is 6.10 Å². The van der Waals surface area contributed by atoms with Gasteiger partial charge in [-0.3, -0.25) is 9.59 Å². The van der Waals surface area contributed by atoms with E-state index in [0.717, 1.165) is 11.1 Å². The second-order valence-electron chi connectivity index (χ2n) is 9.78. The van der Waals surface area contributed by atoms with Gasteiger partial charge in [-0.1, -0.05) is 62.4 Å². The summed E-state index contributed by atoms with van der Waals surface area (Å²) >= 11 is 0.